The summed E-state index contributed by atoms with van der Waals surface area (Å²) >= 11 is 0. The first-order valence-electron chi connectivity index (χ1n) is 34.1. The fourth-order valence-electron chi connectivity index (χ4n) is 10.7. The molecule has 1 amide bonds. The molecule has 444 valence electrons. The van der Waals surface area contributed by atoms with Crippen LogP contribution in [0.3, 0.4) is 0 Å². The van der Waals surface area contributed by atoms with Gasteiger partial charge in [0.15, 0.2) is 0 Å². The molecule has 0 fully saturated rings. The molecule has 0 aliphatic rings. The summed E-state index contributed by atoms with van der Waals surface area (Å²) in [5, 5.41) is 23.2. The number of amides is 1. The van der Waals surface area contributed by atoms with Gasteiger partial charge >= 0.3 is 5.97 Å². The fourth-order valence-corrected chi connectivity index (χ4v) is 10.7. The Morgan fingerprint density at radius 2 is 0.627 bits per heavy atom. The molecule has 0 aromatic rings. The van der Waals surface area contributed by atoms with Crippen LogP contribution in [0.1, 0.15) is 380 Å². The molecule has 0 heterocycles. The number of unbranched alkanes of at least 4 members (excludes halogenated alkanes) is 51. The Morgan fingerprint density at radius 1 is 0.360 bits per heavy atom. The molecule has 2 atom stereocenters. The highest BCUT2D eigenvalue weighted by Crippen LogP contribution is 2.18. The lowest BCUT2D eigenvalue weighted by molar-refractivity contribution is -0.143. The van der Waals surface area contributed by atoms with Gasteiger partial charge in [-0.15, -0.1) is 0 Å². The number of aliphatic hydroxyl groups is 2. The Bertz CT molecular complexity index is 1170. The third-order valence-electron chi connectivity index (χ3n) is 16.0. The van der Waals surface area contributed by atoms with Crippen molar-refractivity contribution in [2.24, 2.45) is 0 Å². The standard InChI is InChI=1S/C69H133NO5/c1-3-5-7-9-11-13-15-17-18-19-28-31-34-38-41-45-49-53-57-61-67(72)66(65-71)70-68(73)62-58-54-50-46-42-39-35-32-29-26-24-22-20-21-23-25-27-30-33-36-40-44-48-52-56-60-64-75-69(74)63-59-55-51-47-43-37-16-14-12-10-8-6-4-2/h20,22,57,61,66-67,71-72H,3-19,21,23-56,58-60,62-65H2,1-2H3,(H,70,73)/b22-20-,61-57+. The van der Waals surface area contributed by atoms with Gasteiger partial charge in [-0.05, 0) is 57.8 Å². The summed E-state index contributed by atoms with van der Waals surface area (Å²) in [6.07, 6.45) is 81.0. The molecule has 6 heteroatoms. The number of ether oxygens (including phenoxy) is 1. The first kappa shape index (κ1) is 73.3. The Morgan fingerprint density at radius 3 is 0.947 bits per heavy atom. The predicted molar refractivity (Wildman–Crippen MR) is 329 cm³/mol. The summed E-state index contributed by atoms with van der Waals surface area (Å²) in [5.41, 5.74) is 0. The van der Waals surface area contributed by atoms with E-state index in [0.29, 0.717) is 19.4 Å². The summed E-state index contributed by atoms with van der Waals surface area (Å²) in [6, 6.07) is -0.629. The van der Waals surface area contributed by atoms with Crippen LogP contribution in [0.15, 0.2) is 24.3 Å². The average molecular weight is 1060 g/mol. The summed E-state index contributed by atoms with van der Waals surface area (Å²) in [4.78, 5) is 24.5. The number of hydrogen-bond donors (Lipinski definition) is 3. The van der Waals surface area contributed by atoms with Crippen molar-refractivity contribution in [2.75, 3.05) is 13.2 Å². The first-order chi connectivity index (χ1) is 37.0. The van der Waals surface area contributed by atoms with Crippen LogP contribution in [-0.2, 0) is 14.3 Å². The van der Waals surface area contributed by atoms with Gasteiger partial charge in [0.05, 0.1) is 25.4 Å². The van der Waals surface area contributed by atoms with Gasteiger partial charge in [0.2, 0.25) is 5.91 Å². The lowest BCUT2D eigenvalue weighted by Crippen LogP contribution is -2.45. The zero-order valence-electron chi connectivity index (χ0n) is 50.8. The van der Waals surface area contributed by atoms with Gasteiger partial charge < -0.3 is 20.3 Å². The molecule has 0 spiro atoms. The molecule has 0 aromatic carbocycles. The maximum atomic E-state index is 12.5. The molecule has 0 radical (unpaired) electrons. The van der Waals surface area contributed by atoms with Crippen molar-refractivity contribution in [1.82, 2.24) is 5.32 Å². The molecular weight excluding hydrogens is 923 g/mol. The Balaban J connectivity index is 3.41. The van der Waals surface area contributed by atoms with Gasteiger partial charge in [0.1, 0.15) is 0 Å². The Kier molecular flexibility index (Phi) is 63.4. The minimum absolute atomic E-state index is 0.0160. The zero-order valence-corrected chi connectivity index (χ0v) is 50.8. The number of carbonyl (C=O) groups excluding carboxylic acids is 2. The summed E-state index contributed by atoms with van der Waals surface area (Å²) in [7, 11) is 0. The van der Waals surface area contributed by atoms with Gasteiger partial charge in [-0.2, -0.15) is 0 Å². The summed E-state index contributed by atoms with van der Waals surface area (Å²) in [5.74, 6) is -0.0504. The van der Waals surface area contributed by atoms with Gasteiger partial charge in [-0.3, -0.25) is 9.59 Å². The molecule has 0 aromatic heterocycles. The average Bonchev–Trinajstić information content (AvgIpc) is 3.41. The van der Waals surface area contributed by atoms with Crippen LogP contribution in [0.25, 0.3) is 0 Å². The second-order valence-corrected chi connectivity index (χ2v) is 23.5. The number of aliphatic hydroxyl groups excluding tert-OH is 2. The SMILES string of the molecule is CCCCCCCCCCCCCCCCCCC/C=C/C(O)C(CO)NC(=O)CCCCCCCCCCCC/C=C\CCCCCCCCCCCCCCOC(=O)CCCCCCCCCCCCCCC. The normalized spacial score (nSPS) is 12.6. The van der Waals surface area contributed by atoms with Gasteiger partial charge in [0, 0.05) is 12.8 Å². The van der Waals surface area contributed by atoms with Crippen LogP contribution >= 0.6 is 0 Å². The molecule has 0 saturated heterocycles. The van der Waals surface area contributed by atoms with Crippen molar-refractivity contribution in [2.45, 2.75) is 392 Å². The molecule has 3 N–H and O–H groups in total. The molecule has 0 rings (SSSR count). The highest BCUT2D eigenvalue weighted by molar-refractivity contribution is 5.76. The largest absolute Gasteiger partial charge is 0.466 e. The third-order valence-corrected chi connectivity index (χ3v) is 16.0. The molecule has 0 aliphatic carbocycles. The zero-order chi connectivity index (χ0) is 54.3. The van der Waals surface area contributed by atoms with Crippen molar-refractivity contribution in [3.05, 3.63) is 24.3 Å². The number of allylic oxidation sites excluding steroid dienone is 3. The molecular formula is C69H133NO5. The smallest absolute Gasteiger partial charge is 0.305 e. The molecule has 75 heavy (non-hydrogen) atoms. The molecule has 0 aliphatic heterocycles. The van der Waals surface area contributed by atoms with Crippen LogP contribution in [0.2, 0.25) is 0 Å². The second-order valence-electron chi connectivity index (χ2n) is 23.5. The van der Waals surface area contributed by atoms with E-state index < -0.39 is 12.1 Å². The van der Waals surface area contributed by atoms with Crippen LogP contribution < -0.4 is 5.32 Å². The van der Waals surface area contributed by atoms with Crippen LogP contribution in [0, 0.1) is 0 Å². The number of rotatable bonds is 64. The Labute approximate surface area is 469 Å². The van der Waals surface area contributed by atoms with Crippen LogP contribution in [-0.4, -0.2) is 47.4 Å². The number of nitrogens with one attached hydrogen (secondary N) is 1. The van der Waals surface area contributed by atoms with Gasteiger partial charge in [-0.1, -0.05) is 334 Å². The lowest BCUT2D eigenvalue weighted by atomic mass is 10.0. The van der Waals surface area contributed by atoms with E-state index in [4.69, 9.17) is 4.74 Å². The number of hydrogen-bond acceptors (Lipinski definition) is 5. The molecule has 0 bridgehead atoms. The third kappa shape index (κ3) is 61.4. The van der Waals surface area contributed by atoms with E-state index in [1.807, 2.05) is 6.08 Å². The van der Waals surface area contributed by atoms with Crippen molar-refractivity contribution < 1.29 is 24.5 Å². The molecule has 0 saturated carbocycles. The first-order valence-corrected chi connectivity index (χ1v) is 34.1. The minimum Gasteiger partial charge on any atom is -0.466 e. The monoisotopic (exact) mass is 1060 g/mol. The van der Waals surface area contributed by atoms with E-state index in [-0.39, 0.29) is 18.5 Å². The number of esters is 1. The molecule has 2 unspecified atom stereocenters. The summed E-state index contributed by atoms with van der Waals surface area (Å²) in [6.45, 7) is 4.94. The predicted octanol–water partition coefficient (Wildman–Crippen LogP) is 21.8. The highest BCUT2D eigenvalue weighted by Gasteiger charge is 2.18. The van der Waals surface area contributed by atoms with Crippen molar-refractivity contribution in [3.8, 4) is 0 Å². The topological polar surface area (TPSA) is 95.9 Å². The van der Waals surface area contributed by atoms with Crippen molar-refractivity contribution in [3.63, 3.8) is 0 Å². The maximum absolute atomic E-state index is 12.5. The second kappa shape index (κ2) is 64.9. The van der Waals surface area contributed by atoms with E-state index in [9.17, 15) is 19.8 Å². The quantitative estimate of drug-likeness (QED) is 0.0320. The van der Waals surface area contributed by atoms with Crippen LogP contribution in [0.4, 0.5) is 0 Å². The van der Waals surface area contributed by atoms with E-state index >= 15 is 0 Å². The minimum atomic E-state index is -0.846. The van der Waals surface area contributed by atoms with Crippen molar-refractivity contribution >= 4 is 11.9 Å². The van der Waals surface area contributed by atoms with E-state index in [1.165, 1.54) is 315 Å². The maximum Gasteiger partial charge on any atom is 0.305 e. The highest BCUT2D eigenvalue weighted by atomic mass is 16.5. The lowest BCUT2D eigenvalue weighted by Gasteiger charge is -2.20. The number of carbonyl (C=O) groups is 2. The van der Waals surface area contributed by atoms with Gasteiger partial charge in [-0.25, -0.2) is 0 Å². The van der Waals surface area contributed by atoms with E-state index in [1.54, 1.807) is 6.08 Å². The van der Waals surface area contributed by atoms with E-state index in [2.05, 4.69) is 31.3 Å². The van der Waals surface area contributed by atoms with Crippen LogP contribution in [0.5, 0.6) is 0 Å². The molecule has 6 nitrogen and oxygen atoms in total. The Hall–Kier alpha value is -1.66. The fraction of sp³-hybridized carbons (Fsp3) is 0.913. The van der Waals surface area contributed by atoms with Crippen molar-refractivity contribution in [1.29, 1.82) is 0 Å². The van der Waals surface area contributed by atoms with E-state index in [0.717, 1.165) is 38.5 Å². The summed E-state index contributed by atoms with van der Waals surface area (Å²) < 4.78 is 5.48. The van der Waals surface area contributed by atoms with Gasteiger partial charge in [0.25, 0.3) is 0 Å².